The zero-order valence-electron chi connectivity index (χ0n) is 14.6. The van der Waals surface area contributed by atoms with Gasteiger partial charge in [0.2, 0.25) is 0 Å². The fourth-order valence-corrected chi connectivity index (χ4v) is 3.58. The van der Waals surface area contributed by atoms with Crippen LogP contribution in [-0.2, 0) is 6.42 Å². The molecular weight excluding hydrogens is 286 g/mol. The first-order valence-corrected chi connectivity index (χ1v) is 9.29. The van der Waals surface area contributed by atoms with Crippen LogP contribution in [0.3, 0.4) is 0 Å². The molecule has 0 spiro atoms. The van der Waals surface area contributed by atoms with Crippen LogP contribution in [0.5, 0.6) is 5.75 Å². The number of hydrogen-bond donors (Lipinski definition) is 2. The van der Waals surface area contributed by atoms with Crippen molar-refractivity contribution in [2.75, 3.05) is 13.2 Å². The summed E-state index contributed by atoms with van der Waals surface area (Å²) in [4.78, 5) is 0. The van der Waals surface area contributed by atoms with E-state index in [2.05, 4.69) is 31.2 Å². The molecule has 0 radical (unpaired) electrons. The monoisotopic (exact) mass is 319 g/mol. The van der Waals surface area contributed by atoms with Crippen molar-refractivity contribution in [3.8, 4) is 5.75 Å². The van der Waals surface area contributed by atoms with E-state index < -0.39 is 0 Å². The average Bonchev–Trinajstić information content (AvgIpc) is 2.94. The van der Waals surface area contributed by atoms with E-state index in [1.807, 2.05) is 0 Å². The summed E-state index contributed by atoms with van der Waals surface area (Å²) in [5.74, 6) is 1.34. The molecule has 1 aliphatic carbocycles. The molecule has 2 rings (SSSR count). The molecule has 1 fully saturated rings. The van der Waals surface area contributed by atoms with E-state index in [9.17, 15) is 5.11 Å². The SMILES string of the molecule is CCCCCCCOc1ccc(C[C@H]2CCC[C@@]2(N)CO)cc1. The summed E-state index contributed by atoms with van der Waals surface area (Å²) in [6, 6.07) is 8.41. The third-order valence-corrected chi connectivity index (χ3v) is 5.22. The van der Waals surface area contributed by atoms with Crippen molar-refractivity contribution in [2.45, 2.75) is 70.3 Å². The van der Waals surface area contributed by atoms with Gasteiger partial charge in [-0.1, -0.05) is 51.2 Å². The molecule has 1 aromatic rings. The Balaban J connectivity index is 1.74. The summed E-state index contributed by atoms with van der Waals surface area (Å²) in [6.07, 6.45) is 10.4. The van der Waals surface area contributed by atoms with Gasteiger partial charge in [-0.25, -0.2) is 0 Å². The maximum absolute atomic E-state index is 9.55. The van der Waals surface area contributed by atoms with Crippen LogP contribution < -0.4 is 10.5 Å². The Morgan fingerprint density at radius 2 is 1.91 bits per heavy atom. The Kier molecular flexibility index (Phi) is 7.38. The summed E-state index contributed by atoms with van der Waals surface area (Å²) in [5.41, 5.74) is 7.23. The lowest BCUT2D eigenvalue weighted by molar-refractivity contribution is 0.160. The van der Waals surface area contributed by atoms with Crippen molar-refractivity contribution in [1.29, 1.82) is 0 Å². The Morgan fingerprint density at radius 3 is 2.61 bits per heavy atom. The first kappa shape index (κ1) is 18.3. The minimum absolute atomic E-state index is 0.0941. The Labute approximate surface area is 141 Å². The van der Waals surface area contributed by atoms with Crippen LogP contribution >= 0.6 is 0 Å². The minimum atomic E-state index is -0.381. The zero-order valence-corrected chi connectivity index (χ0v) is 14.6. The van der Waals surface area contributed by atoms with Crippen LogP contribution in [0.1, 0.15) is 63.9 Å². The highest BCUT2D eigenvalue weighted by molar-refractivity contribution is 5.28. The first-order valence-electron chi connectivity index (χ1n) is 9.29. The summed E-state index contributed by atoms with van der Waals surface area (Å²) in [6.45, 7) is 3.14. The van der Waals surface area contributed by atoms with E-state index in [0.29, 0.717) is 5.92 Å². The van der Waals surface area contributed by atoms with E-state index >= 15 is 0 Å². The third-order valence-electron chi connectivity index (χ3n) is 5.22. The molecule has 0 bridgehead atoms. The molecule has 0 aromatic heterocycles. The highest BCUT2D eigenvalue weighted by atomic mass is 16.5. The molecule has 1 aliphatic rings. The number of aliphatic hydroxyl groups is 1. The van der Waals surface area contributed by atoms with Crippen LogP contribution in [-0.4, -0.2) is 23.9 Å². The number of unbranched alkanes of at least 4 members (excludes halogenated alkanes) is 4. The Morgan fingerprint density at radius 1 is 1.17 bits per heavy atom. The standard InChI is InChI=1S/C20H33NO2/c1-2-3-4-5-6-14-23-19-11-9-17(10-12-19)15-18-8-7-13-20(18,21)16-22/h9-12,18,22H,2-8,13-16,21H2,1H3/t18-,20-/m1/s1. The van der Waals surface area contributed by atoms with Gasteiger partial charge in [-0.2, -0.15) is 0 Å². The quantitative estimate of drug-likeness (QED) is 0.639. The van der Waals surface area contributed by atoms with Crippen molar-refractivity contribution in [2.24, 2.45) is 11.7 Å². The van der Waals surface area contributed by atoms with Crippen molar-refractivity contribution in [3.05, 3.63) is 29.8 Å². The van der Waals surface area contributed by atoms with Crippen LogP contribution in [0.25, 0.3) is 0 Å². The Hall–Kier alpha value is -1.06. The predicted octanol–water partition coefficient (Wildman–Crippen LogP) is 4.07. The van der Waals surface area contributed by atoms with Crippen molar-refractivity contribution >= 4 is 0 Å². The summed E-state index contributed by atoms with van der Waals surface area (Å²) in [5, 5.41) is 9.55. The molecule has 0 amide bonds. The maximum atomic E-state index is 9.55. The van der Waals surface area contributed by atoms with Crippen LogP contribution in [0.2, 0.25) is 0 Å². The molecule has 0 aliphatic heterocycles. The van der Waals surface area contributed by atoms with Crippen LogP contribution in [0, 0.1) is 5.92 Å². The van der Waals surface area contributed by atoms with Gasteiger partial charge in [0.05, 0.1) is 13.2 Å². The molecule has 1 saturated carbocycles. The molecule has 3 heteroatoms. The fraction of sp³-hybridized carbons (Fsp3) is 0.700. The third kappa shape index (κ3) is 5.50. The van der Waals surface area contributed by atoms with Gasteiger partial charge in [0, 0.05) is 5.54 Å². The lowest BCUT2D eigenvalue weighted by Crippen LogP contribution is -2.47. The van der Waals surface area contributed by atoms with E-state index in [1.54, 1.807) is 0 Å². The van der Waals surface area contributed by atoms with Crippen LogP contribution in [0.15, 0.2) is 24.3 Å². The zero-order chi connectivity index (χ0) is 16.5. The molecule has 0 saturated heterocycles. The predicted molar refractivity (Wildman–Crippen MR) is 95.7 cm³/mol. The number of nitrogens with two attached hydrogens (primary N) is 1. The molecule has 3 nitrogen and oxygen atoms in total. The second kappa shape index (κ2) is 9.29. The van der Waals surface area contributed by atoms with E-state index in [1.165, 1.54) is 31.2 Å². The minimum Gasteiger partial charge on any atom is -0.494 e. The highest BCUT2D eigenvalue weighted by Gasteiger charge is 2.38. The lowest BCUT2D eigenvalue weighted by Gasteiger charge is -2.29. The van der Waals surface area contributed by atoms with Crippen molar-refractivity contribution in [1.82, 2.24) is 0 Å². The first-order chi connectivity index (χ1) is 11.2. The van der Waals surface area contributed by atoms with E-state index in [-0.39, 0.29) is 12.1 Å². The van der Waals surface area contributed by atoms with Gasteiger partial charge in [-0.3, -0.25) is 0 Å². The van der Waals surface area contributed by atoms with E-state index in [4.69, 9.17) is 10.5 Å². The van der Waals surface area contributed by atoms with Crippen LogP contribution in [0.4, 0.5) is 0 Å². The summed E-state index contributed by atoms with van der Waals surface area (Å²) in [7, 11) is 0. The van der Waals surface area contributed by atoms with Gasteiger partial charge in [-0.15, -0.1) is 0 Å². The number of benzene rings is 1. The Bertz CT molecular complexity index is 445. The number of aliphatic hydroxyl groups excluding tert-OH is 1. The van der Waals surface area contributed by atoms with Crippen molar-refractivity contribution < 1.29 is 9.84 Å². The summed E-state index contributed by atoms with van der Waals surface area (Å²) >= 11 is 0. The van der Waals surface area contributed by atoms with Crippen molar-refractivity contribution in [3.63, 3.8) is 0 Å². The van der Waals surface area contributed by atoms with Gasteiger partial charge in [0.15, 0.2) is 0 Å². The van der Waals surface area contributed by atoms with Gasteiger partial charge in [-0.05, 0) is 49.3 Å². The highest BCUT2D eigenvalue weighted by Crippen LogP contribution is 2.35. The largest absolute Gasteiger partial charge is 0.494 e. The normalized spacial score (nSPS) is 24.0. The fourth-order valence-electron chi connectivity index (χ4n) is 3.58. The molecular formula is C20H33NO2. The smallest absolute Gasteiger partial charge is 0.119 e. The molecule has 23 heavy (non-hydrogen) atoms. The number of rotatable bonds is 10. The molecule has 2 atom stereocenters. The van der Waals surface area contributed by atoms with Gasteiger partial charge in [0.1, 0.15) is 5.75 Å². The average molecular weight is 319 g/mol. The molecule has 3 N–H and O–H groups in total. The van der Waals surface area contributed by atoms with Gasteiger partial charge in [0.25, 0.3) is 0 Å². The maximum Gasteiger partial charge on any atom is 0.119 e. The number of hydrogen-bond acceptors (Lipinski definition) is 3. The second-order valence-corrected chi connectivity index (χ2v) is 7.09. The van der Waals surface area contributed by atoms with Gasteiger partial charge < -0.3 is 15.6 Å². The molecule has 0 heterocycles. The molecule has 130 valence electrons. The second-order valence-electron chi connectivity index (χ2n) is 7.09. The van der Waals surface area contributed by atoms with E-state index in [0.717, 1.165) is 44.5 Å². The topological polar surface area (TPSA) is 55.5 Å². The summed E-state index contributed by atoms with van der Waals surface area (Å²) < 4.78 is 5.81. The lowest BCUT2D eigenvalue weighted by atomic mass is 9.84. The molecule has 1 aromatic carbocycles. The number of ether oxygens (including phenoxy) is 1. The molecule has 0 unspecified atom stereocenters. The van der Waals surface area contributed by atoms with Gasteiger partial charge >= 0.3 is 0 Å².